The largest absolute Gasteiger partial charge is 0.443 e. The molecule has 8 heteroatoms. The summed E-state index contributed by atoms with van der Waals surface area (Å²) >= 11 is 0. The van der Waals surface area contributed by atoms with E-state index >= 15 is 0 Å². The standard InChI is InChI=1S/C14H17FN2O4S/c1-14(2,3)21-13(18)17-16-11-6-7-22(19,20)12-5-4-9(15)8-10(11)12/h4-5,8H,6-7H2,1-3H3,(H,17,18)/b16-11+. The van der Waals surface area contributed by atoms with E-state index in [9.17, 15) is 17.6 Å². The van der Waals surface area contributed by atoms with Gasteiger partial charge in [0.05, 0.1) is 16.4 Å². The van der Waals surface area contributed by atoms with Crippen molar-refractivity contribution >= 4 is 21.6 Å². The van der Waals surface area contributed by atoms with Gasteiger partial charge in [0.15, 0.2) is 9.84 Å². The monoisotopic (exact) mass is 328 g/mol. The molecule has 2 rings (SSSR count). The molecule has 1 aliphatic rings. The molecule has 0 aliphatic carbocycles. The predicted octanol–water partition coefficient (Wildman–Crippen LogP) is 2.23. The highest BCUT2D eigenvalue weighted by Gasteiger charge is 2.28. The number of ether oxygens (including phenoxy) is 1. The first kappa shape index (κ1) is 16.4. The molecule has 0 spiro atoms. The average Bonchev–Trinajstić information content (AvgIpc) is 2.35. The number of carbonyl (C=O) groups is 1. The van der Waals surface area contributed by atoms with E-state index in [2.05, 4.69) is 10.5 Å². The Morgan fingerprint density at radius 3 is 2.68 bits per heavy atom. The molecule has 1 amide bonds. The van der Waals surface area contributed by atoms with Crippen molar-refractivity contribution in [2.45, 2.75) is 37.7 Å². The van der Waals surface area contributed by atoms with Crippen molar-refractivity contribution in [3.05, 3.63) is 29.6 Å². The fraction of sp³-hybridized carbons (Fsp3) is 0.429. The van der Waals surface area contributed by atoms with Crippen molar-refractivity contribution in [2.24, 2.45) is 5.10 Å². The molecule has 0 saturated heterocycles. The molecule has 0 radical (unpaired) electrons. The molecule has 1 aromatic rings. The number of hydrogen-bond donors (Lipinski definition) is 1. The van der Waals surface area contributed by atoms with E-state index < -0.39 is 27.3 Å². The van der Waals surface area contributed by atoms with Crippen LogP contribution in [0.5, 0.6) is 0 Å². The predicted molar refractivity (Wildman–Crippen MR) is 79.0 cm³/mol. The molecule has 0 bridgehead atoms. The highest BCUT2D eigenvalue weighted by molar-refractivity contribution is 7.91. The summed E-state index contributed by atoms with van der Waals surface area (Å²) in [7, 11) is -3.45. The quantitative estimate of drug-likeness (QED) is 0.633. The Hall–Kier alpha value is -1.96. The van der Waals surface area contributed by atoms with Gasteiger partial charge in [-0.3, -0.25) is 0 Å². The van der Waals surface area contributed by atoms with Crippen molar-refractivity contribution in [1.29, 1.82) is 0 Å². The second-order valence-electron chi connectivity index (χ2n) is 5.88. The number of halogens is 1. The molecule has 0 saturated carbocycles. The Kier molecular flexibility index (Phi) is 4.23. The maximum absolute atomic E-state index is 13.4. The Balaban J connectivity index is 2.29. The number of fused-ring (bicyclic) bond motifs is 1. The SMILES string of the molecule is CC(C)(C)OC(=O)N/N=C1\CCS(=O)(=O)c2ccc(F)cc21. The fourth-order valence-corrected chi connectivity index (χ4v) is 3.47. The van der Waals surface area contributed by atoms with E-state index in [0.29, 0.717) is 5.71 Å². The lowest BCUT2D eigenvalue weighted by atomic mass is 10.1. The molecule has 1 heterocycles. The van der Waals surface area contributed by atoms with E-state index in [4.69, 9.17) is 4.74 Å². The van der Waals surface area contributed by atoms with Crippen molar-refractivity contribution in [3.8, 4) is 0 Å². The van der Waals surface area contributed by atoms with Gasteiger partial charge in [-0.25, -0.2) is 23.0 Å². The third-order valence-corrected chi connectivity index (χ3v) is 4.64. The van der Waals surface area contributed by atoms with E-state index in [1.54, 1.807) is 20.8 Å². The first-order valence-electron chi connectivity index (χ1n) is 6.67. The van der Waals surface area contributed by atoms with Crippen LogP contribution >= 0.6 is 0 Å². The maximum atomic E-state index is 13.4. The van der Waals surface area contributed by atoms with Crippen LogP contribution in [-0.4, -0.2) is 31.6 Å². The molecule has 1 N–H and O–H groups in total. The van der Waals surface area contributed by atoms with E-state index in [0.717, 1.165) is 12.1 Å². The van der Waals surface area contributed by atoms with Crippen molar-refractivity contribution in [1.82, 2.24) is 5.43 Å². The lowest BCUT2D eigenvalue weighted by Gasteiger charge is -2.20. The van der Waals surface area contributed by atoms with Crippen LogP contribution in [0.3, 0.4) is 0 Å². The molecule has 0 atom stereocenters. The molecule has 0 unspecified atom stereocenters. The molecule has 0 aromatic heterocycles. The molecule has 120 valence electrons. The van der Waals surface area contributed by atoms with E-state index in [1.807, 2.05) is 0 Å². The van der Waals surface area contributed by atoms with Gasteiger partial charge in [-0.05, 0) is 39.0 Å². The zero-order valence-electron chi connectivity index (χ0n) is 12.5. The zero-order valence-corrected chi connectivity index (χ0v) is 13.3. The van der Waals surface area contributed by atoms with Gasteiger partial charge in [0, 0.05) is 12.0 Å². The summed E-state index contributed by atoms with van der Waals surface area (Å²) in [6.45, 7) is 5.12. The minimum absolute atomic E-state index is 0.0184. The van der Waals surface area contributed by atoms with E-state index in [1.165, 1.54) is 6.07 Å². The first-order valence-corrected chi connectivity index (χ1v) is 8.32. The number of carbonyl (C=O) groups excluding carboxylic acids is 1. The number of amides is 1. The summed E-state index contributed by atoms with van der Waals surface area (Å²) < 4.78 is 42.3. The Morgan fingerprint density at radius 2 is 2.05 bits per heavy atom. The molecule has 1 aliphatic heterocycles. The van der Waals surface area contributed by atoms with Crippen LogP contribution in [-0.2, 0) is 14.6 Å². The maximum Gasteiger partial charge on any atom is 0.428 e. The van der Waals surface area contributed by atoms with Gasteiger partial charge in [-0.15, -0.1) is 0 Å². The Labute approximate surface area is 128 Å². The summed E-state index contributed by atoms with van der Waals surface area (Å²) in [6.07, 6.45) is -0.666. The van der Waals surface area contributed by atoms with Gasteiger partial charge in [-0.1, -0.05) is 0 Å². The number of benzene rings is 1. The normalized spacial score (nSPS) is 18.6. The smallest absolute Gasteiger partial charge is 0.428 e. The first-order chi connectivity index (χ1) is 10.1. The molecular weight excluding hydrogens is 311 g/mol. The summed E-state index contributed by atoms with van der Waals surface area (Å²) in [5, 5.41) is 3.88. The lowest BCUT2D eigenvalue weighted by molar-refractivity contribution is 0.0529. The van der Waals surface area contributed by atoms with Crippen LogP contribution in [0.1, 0.15) is 32.8 Å². The third-order valence-electron chi connectivity index (χ3n) is 2.88. The number of sulfone groups is 1. The van der Waals surface area contributed by atoms with Crippen LogP contribution in [0.15, 0.2) is 28.2 Å². The fourth-order valence-electron chi connectivity index (χ4n) is 2.00. The Morgan fingerprint density at radius 1 is 1.36 bits per heavy atom. The molecule has 22 heavy (non-hydrogen) atoms. The van der Waals surface area contributed by atoms with Gasteiger partial charge in [0.2, 0.25) is 0 Å². The molecule has 1 aromatic carbocycles. The van der Waals surface area contributed by atoms with Crippen LogP contribution < -0.4 is 5.43 Å². The van der Waals surface area contributed by atoms with Crippen LogP contribution in [0.4, 0.5) is 9.18 Å². The van der Waals surface area contributed by atoms with Gasteiger partial charge in [0.25, 0.3) is 0 Å². The number of rotatable bonds is 1. The molecular formula is C14H17FN2O4S. The molecule has 6 nitrogen and oxygen atoms in total. The Bertz CT molecular complexity index is 736. The minimum Gasteiger partial charge on any atom is -0.443 e. The number of nitrogens with one attached hydrogen (secondary N) is 1. The summed E-state index contributed by atoms with van der Waals surface area (Å²) in [4.78, 5) is 11.6. The molecule has 0 fully saturated rings. The number of hydrogen-bond acceptors (Lipinski definition) is 5. The zero-order chi connectivity index (χ0) is 16.5. The number of hydrazone groups is 1. The van der Waals surface area contributed by atoms with Crippen molar-refractivity contribution in [3.63, 3.8) is 0 Å². The van der Waals surface area contributed by atoms with Gasteiger partial charge in [-0.2, -0.15) is 5.10 Å². The summed E-state index contributed by atoms with van der Waals surface area (Å²) in [5.41, 5.74) is 2.00. The summed E-state index contributed by atoms with van der Waals surface area (Å²) in [6, 6.07) is 3.39. The second-order valence-corrected chi connectivity index (χ2v) is 7.96. The summed E-state index contributed by atoms with van der Waals surface area (Å²) in [5.74, 6) is -0.707. The van der Waals surface area contributed by atoms with Crippen LogP contribution in [0, 0.1) is 5.82 Å². The van der Waals surface area contributed by atoms with Crippen LogP contribution in [0.2, 0.25) is 0 Å². The topological polar surface area (TPSA) is 84.8 Å². The highest BCUT2D eigenvalue weighted by atomic mass is 32.2. The lowest BCUT2D eigenvalue weighted by Crippen LogP contribution is -2.31. The minimum atomic E-state index is -3.45. The average molecular weight is 328 g/mol. The van der Waals surface area contributed by atoms with E-state index in [-0.39, 0.29) is 22.6 Å². The van der Waals surface area contributed by atoms with Crippen molar-refractivity contribution in [2.75, 3.05) is 5.75 Å². The van der Waals surface area contributed by atoms with Gasteiger partial charge in [0.1, 0.15) is 11.4 Å². The second kappa shape index (κ2) is 5.68. The van der Waals surface area contributed by atoms with Gasteiger partial charge >= 0.3 is 6.09 Å². The highest BCUT2D eigenvalue weighted by Crippen LogP contribution is 2.26. The number of nitrogens with zero attached hydrogens (tertiary/aromatic N) is 1. The van der Waals surface area contributed by atoms with Crippen LogP contribution in [0.25, 0.3) is 0 Å². The third kappa shape index (κ3) is 3.82. The van der Waals surface area contributed by atoms with Gasteiger partial charge < -0.3 is 4.74 Å². The van der Waals surface area contributed by atoms with Crippen molar-refractivity contribution < 1.29 is 22.3 Å².